The standard InChI is InChI=1S/C22H20N2O2/c1-14-13-26-21-20(24(22(21)25)12-15-8-4-3-5-9-15)19-18(14)16-10-6-7-11-17(16)23(19)2/h3-11,13,20-21H,12H2,1-2H3/t20-,21+/m0/s1. The maximum absolute atomic E-state index is 12.8. The molecule has 130 valence electrons. The maximum Gasteiger partial charge on any atom is 0.267 e. The molecule has 0 unspecified atom stereocenters. The van der Waals surface area contributed by atoms with Crippen LogP contribution in [0.15, 0.2) is 60.9 Å². The molecule has 2 aliphatic heterocycles. The van der Waals surface area contributed by atoms with E-state index < -0.39 is 6.10 Å². The first kappa shape index (κ1) is 15.3. The van der Waals surface area contributed by atoms with Gasteiger partial charge in [-0.25, -0.2) is 0 Å². The van der Waals surface area contributed by atoms with Crippen molar-refractivity contribution in [3.63, 3.8) is 0 Å². The average Bonchev–Trinajstić information content (AvgIpc) is 2.88. The van der Waals surface area contributed by atoms with Crippen LogP contribution in [0.5, 0.6) is 0 Å². The van der Waals surface area contributed by atoms with Gasteiger partial charge in [0.05, 0.1) is 12.0 Å². The third-order valence-electron chi connectivity index (χ3n) is 5.56. The Morgan fingerprint density at radius 1 is 1.04 bits per heavy atom. The number of benzene rings is 2. The van der Waals surface area contributed by atoms with Crippen LogP contribution in [0.1, 0.15) is 29.8 Å². The number of carbonyl (C=O) groups excluding carboxylic acids is 1. The highest BCUT2D eigenvalue weighted by Gasteiger charge is 2.52. The molecule has 0 N–H and O–H groups in total. The predicted octanol–water partition coefficient (Wildman–Crippen LogP) is 4.02. The van der Waals surface area contributed by atoms with E-state index in [4.69, 9.17) is 4.74 Å². The molecule has 1 amide bonds. The molecule has 2 aromatic carbocycles. The fourth-order valence-electron chi connectivity index (χ4n) is 4.30. The van der Waals surface area contributed by atoms with Crippen LogP contribution < -0.4 is 0 Å². The molecule has 3 heterocycles. The summed E-state index contributed by atoms with van der Waals surface area (Å²) in [5, 5.41) is 1.21. The van der Waals surface area contributed by atoms with E-state index in [-0.39, 0.29) is 11.9 Å². The second kappa shape index (κ2) is 5.49. The highest BCUT2D eigenvalue weighted by molar-refractivity contribution is 5.97. The molecule has 1 aromatic heterocycles. The van der Waals surface area contributed by atoms with Crippen molar-refractivity contribution in [2.24, 2.45) is 7.05 Å². The predicted molar refractivity (Wildman–Crippen MR) is 101 cm³/mol. The third-order valence-corrected chi connectivity index (χ3v) is 5.56. The molecule has 5 rings (SSSR count). The number of aromatic nitrogens is 1. The Hall–Kier alpha value is -3.01. The number of fused-ring (bicyclic) bond motifs is 5. The van der Waals surface area contributed by atoms with Crippen LogP contribution in [0, 0.1) is 0 Å². The molecule has 2 atom stereocenters. The number of aryl methyl sites for hydroxylation is 1. The minimum atomic E-state index is -0.432. The Morgan fingerprint density at radius 2 is 1.77 bits per heavy atom. The van der Waals surface area contributed by atoms with E-state index in [0.29, 0.717) is 6.54 Å². The molecule has 0 radical (unpaired) electrons. The normalized spacial score (nSPS) is 21.4. The number of β-lactam (4-membered cyclic amide) rings is 1. The first-order chi connectivity index (χ1) is 12.7. The van der Waals surface area contributed by atoms with Crippen molar-refractivity contribution < 1.29 is 9.53 Å². The number of rotatable bonds is 2. The van der Waals surface area contributed by atoms with Gasteiger partial charge in [-0.1, -0.05) is 48.5 Å². The summed E-state index contributed by atoms with van der Waals surface area (Å²) >= 11 is 0. The van der Waals surface area contributed by atoms with Crippen molar-refractivity contribution in [2.45, 2.75) is 25.6 Å². The molecule has 1 saturated heterocycles. The summed E-state index contributed by atoms with van der Waals surface area (Å²) in [6.45, 7) is 2.66. The summed E-state index contributed by atoms with van der Waals surface area (Å²) in [6.07, 6.45) is 1.33. The number of hydrogen-bond donors (Lipinski definition) is 0. The molecule has 3 aromatic rings. The fraction of sp³-hybridized carbons (Fsp3) is 0.227. The van der Waals surface area contributed by atoms with E-state index in [1.807, 2.05) is 23.1 Å². The fourth-order valence-corrected chi connectivity index (χ4v) is 4.30. The van der Waals surface area contributed by atoms with Gasteiger partial charge in [-0.2, -0.15) is 0 Å². The van der Waals surface area contributed by atoms with E-state index >= 15 is 0 Å². The van der Waals surface area contributed by atoms with Crippen LogP contribution in [0.25, 0.3) is 16.5 Å². The number of amides is 1. The summed E-state index contributed by atoms with van der Waals surface area (Å²) in [6, 6.07) is 18.5. The van der Waals surface area contributed by atoms with E-state index in [9.17, 15) is 4.79 Å². The second-order valence-corrected chi connectivity index (χ2v) is 7.09. The van der Waals surface area contributed by atoms with E-state index in [2.05, 4.69) is 54.9 Å². The van der Waals surface area contributed by atoms with Crippen molar-refractivity contribution in [3.8, 4) is 0 Å². The Bertz CT molecular complexity index is 1050. The van der Waals surface area contributed by atoms with Gasteiger partial charge in [0, 0.05) is 30.1 Å². The topological polar surface area (TPSA) is 34.5 Å². The van der Waals surface area contributed by atoms with Gasteiger partial charge in [-0.05, 0) is 24.1 Å². The SMILES string of the molecule is CC1=CO[C@H]2C(=O)N(Cc3ccccc3)[C@H]2c2c1c1ccccc1n2C. The average molecular weight is 344 g/mol. The van der Waals surface area contributed by atoms with Gasteiger partial charge in [0.2, 0.25) is 6.10 Å². The zero-order chi connectivity index (χ0) is 17.8. The smallest absolute Gasteiger partial charge is 0.267 e. The van der Waals surface area contributed by atoms with Crippen LogP contribution in [0.4, 0.5) is 0 Å². The number of ether oxygens (including phenoxy) is 1. The molecule has 0 bridgehead atoms. The van der Waals surface area contributed by atoms with Crippen molar-refractivity contribution in [2.75, 3.05) is 0 Å². The molecule has 2 aliphatic rings. The van der Waals surface area contributed by atoms with Crippen LogP contribution in [0.3, 0.4) is 0 Å². The minimum Gasteiger partial charge on any atom is -0.485 e. The number of hydrogen-bond acceptors (Lipinski definition) is 2. The van der Waals surface area contributed by atoms with Crippen LogP contribution >= 0.6 is 0 Å². The Kier molecular flexibility index (Phi) is 3.23. The van der Waals surface area contributed by atoms with Gasteiger partial charge in [-0.3, -0.25) is 4.79 Å². The summed E-state index contributed by atoms with van der Waals surface area (Å²) < 4.78 is 8.09. The molecule has 0 saturated carbocycles. The third kappa shape index (κ3) is 1.99. The maximum atomic E-state index is 12.8. The summed E-state index contributed by atoms with van der Waals surface area (Å²) in [7, 11) is 2.08. The number of para-hydroxylation sites is 1. The van der Waals surface area contributed by atoms with Gasteiger partial charge in [0.1, 0.15) is 6.04 Å². The number of nitrogens with zero attached hydrogens (tertiary/aromatic N) is 2. The van der Waals surface area contributed by atoms with Crippen molar-refractivity contribution >= 4 is 22.4 Å². The first-order valence-corrected chi connectivity index (χ1v) is 8.91. The lowest BCUT2D eigenvalue weighted by Gasteiger charge is -2.46. The number of carbonyl (C=O) groups is 1. The van der Waals surface area contributed by atoms with Crippen molar-refractivity contribution in [1.29, 1.82) is 0 Å². The van der Waals surface area contributed by atoms with Gasteiger partial charge < -0.3 is 14.2 Å². The lowest BCUT2D eigenvalue weighted by Crippen LogP contribution is -2.59. The van der Waals surface area contributed by atoms with Crippen molar-refractivity contribution in [3.05, 3.63) is 77.7 Å². The Balaban J connectivity index is 1.66. The first-order valence-electron chi connectivity index (χ1n) is 8.91. The van der Waals surface area contributed by atoms with E-state index in [1.54, 1.807) is 6.26 Å². The summed E-state index contributed by atoms with van der Waals surface area (Å²) in [5.41, 5.74) is 5.75. The van der Waals surface area contributed by atoms with Crippen LogP contribution in [-0.2, 0) is 23.1 Å². The van der Waals surface area contributed by atoms with Gasteiger partial charge in [0.25, 0.3) is 5.91 Å². The largest absolute Gasteiger partial charge is 0.485 e. The molecule has 4 heteroatoms. The summed E-state index contributed by atoms with van der Waals surface area (Å²) in [4.78, 5) is 14.7. The van der Waals surface area contributed by atoms with Gasteiger partial charge >= 0.3 is 0 Å². The van der Waals surface area contributed by atoms with Crippen LogP contribution in [-0.4, -0.2) is 21.5 Å². The van der Waals surface area contributed by atoms with E-state index in [1.165, 1.54) is 16.5 Å². The lowest BCUT2D eigenvalue weighted by atomic mass is 9.90. The number of likely N-dealkylation sites (tertiary alicyclic amines) is 1. The highest BCUT2D eigenvalue weighted by atomic mass is 16.5. The van der Waals surface area contributed by atoms with Gasteiger partial charge in [-0.15, -0.1) is 0 Å². The summed E-state index contributed by atoms with van der Waals surface area (Å²) in [5.74, 6) is 0.0565. The second-order valence-electron chi connectivity index (χ2n) is 7.09. The zero-order valence-corrected chi connectivity index (χ0v) is 14.8. The molecular weight excluding hydrogens is 324 g/mol. The minimum absolute atomic E-state index is 0.0565. The van der Waals surface area contributed by atoms with E-state index in [0.717, 1.165) is 16.8 Å². The Labute approximate surface area is 152 Å². The monoisotopic (exact) mass is 344 g/mol. The molecular formula is C22H20N2O2. The lowest BCUT2D eigenvalue weighted by molar-refractivity contribution is -0.169. The molecule has 0 spiro atoms. The number of allylic oxidation sites excluding steroid dienone is 1. The molecule has 1 fully saturated rings. The van der Waals surface area contributed by atoms with Gasteiger partial charge in [0.15, 0.2) is 0 Å². The molecule has 0 aliphatic carbocycles. The highest BCUT2D eigenvalue weighted by Crippen LogP contribution is 2.46. The Morgan fingerprint density at radius 3 is 2.58 bits per heavy atom. The quantitative estimate of drug-likeness (QED) is 0.658. The molecule has 26 heavy (non-hydrogen) atoms. The van der Waals surface area contributed by atoms with Crippen LogP contribution in [0.2, 0.25) is 0 Å². The molecule has 4 nitrogen and oxygen atoms in total. The van der Waals surface area contributed by atoms with Crippen molar-refractivity contribution in [1.82, 2.24) is 9.47 Å². The zero-order valence-electron chi connectivity index (χ0n) is 14.8.